The lowest BCUT2D eigenvalue weighted by atomic mass is 9.99. The van der Waals surface area contributed by atoms with E-state index in [9.17, 15) is 0 Å². The second-order valence-corrected chi connectivity index (χ2v) is 15.0. The predicted octanol–water partition coefficient (Wildman–Crippen LogP) is 14.0. The van der Waals surface area contributed by atoms with Gasteiger partial charge in [-0.15, -0.1) is 0 Å². The molecule has 0 N–H and O–H groups in total. The Hall–Kier alpha value is -7.82. The Balaban J connectivity index is 1.05. The number of rotatable bonds is 5. The van der Waals surface area contributed by atoms with Gasteiger partial charge in [0.05, 0.1) is 33.3 Å². The lowest BCUT2D eigenvalue weighted by Crippen LogP contribution is -1.98. The molecule has 0 aliphatic rings. The summed E-state index contributed by atoms with van der Waals surface area (Å²) in [7, 11) is 0. The van der Waals surface area contributed by atoms with Gasteiger partial charge in [0.1, 0.15) is 0 Å². The van der Waals surface area contributed by atoms with E-state index in [1.807, 2.05) is 12.1 Å². The third-order valence-electron chi connectivity index (χ3n) is 11.7. The SMILES string of the molecule is c1ccc(-c2nc(-c3cccc(-n4c5ccc(-c6ccc7c(c6)c6ccccc6n7-c6ccccc6)cc5c5c6ccccc6ccc54)c3)nc3ccccc23)cc1. The smallest absolute Gasteiger partial charge is 0.160 e. The first-order valence-corrected chi connectivity index (χ1v) is 19.7. The normalized spacial score (nSPS) is 11.8. The minimum absolute atomic E-state index is 0.705. The molecule has 4 nitrogen and oxygen atoms in total. The van der Waals surface area contributed by atoms with Crippen molar-refractivity contribution >= 4 is 65.3 Å². The molecule has 9 aromatic carbocycles. The van der Waals surface area contributed by atoms with Crippen LogP contribution in [-0.4, -0.2) is 19.1 Å². The number of aromatic nitrogens is 4. The van der Waals surface area contributed by atoms with Crippen LogP contribution in [0.25, 0.3) is 110 Å². The fraction of sp³-hybridized carbons (Fsp3) is 0. The van der Waals surface area contributed by atoms with Gasteiger partial charge in [-0.05, 0) is 88.6 Å². The highest BCUT2D eigenvalue weighted by Gasteiger charge is 2.19. The Morgan fingerprint density at radius 1 is 0.310 bits per heavy atom. The molecule has 270 valence electrons. The Labute approximate surface area is 334 Å². The van der Waals surface area contributed by atoms with E-state index in [1.165, 1.54) is 54.5 Å². The number of para-hydroxylation sites is 3. The molecule has 3 aromatic heterocycles. The number of hydrogen-bond donors (Lipinski definition) is 0. The van der Waals surface area contributed by atoms with Crippen molar-refractivity contribution in [1.29, 1.82) is 0 Å². The lowest BCUT2D eigenvalue weighted by Gasteiger charge is -2.12. The molecular formula is C54H34N4. The highest BCUT2D eigenvalue weighted by atomic mass is 15.0. The van der Waals surface area contributed by atoms with Crippen LogP contribution in [0, 0.1) is 0 Å². The second-order valence-electron chi connectivity index (χ2n) is 15.0. The highest BCUT2D eigenvalue weighted by Crippen LogP contribution is 2.41. The fourth-order valence-electron chi connectivity index (χ4n) is 9.06. The summed E-state index contributed by atoms with van der Waals surface area (Å²) >= 11 is 0. The van der Waals surface area contributed by atoms with Crippen LogP contribution in [0.1, 0.15) is 0 Å². The zero-order chi connectivity index (χ0) is 38.2. The standard InChI is InChI=1S/C54H34N4/c1-3-15-36(16-4-1)53-44-23-9-11-24-47(44)55-54(56-53)39-17-13-20-41(32-39)58-50-30-28-38(34-46(50)52-42-21-8-7-14-35(42)26-31-51(52)58)37-27-29-49-45(33-37)43-22-10-12-25-48(43)57(49)40-18-5-2-6-19-40/h1-34H. The van der Waals surface area contributed by atoms with Crippen molar-refractivity contribution in [3.8, 4) is 45.1 Å². The second kappa shape index (κ2) is 12.9. The maximum atomic E-state index is 5.21. The van der Waals surface area contributed by atoms with E-state index in [1.54, 1.807) is 0 Å². The molecule has 4 heteroatoms. The summed E-state index contributed by atoms with van der Waals surface area (Å²) in [5.74, 6) is 0.705. The van der Waals surface area contributed by atoms with Crippen LogP contribution in [0.4, 0.5) is 0 Å². The number of benzene rings is 9. The monoisotopic (exact) mass is 738 g/mol. The van der Waals surface area contributed by atoms with Gasteiger partial charge in [0.15, 0.2) is 5.82 Å². The van der Waals surface area contributed by atoms with E-state index in [2.05, 4.69) is 203 Å². The molecule has 0 fully saturated rings. The molecule has 3 heterocycles. The third-order valence-corrected chi connectivity index (χ3v) is 11.7. The third kappa shape index (κ3) is 5.02. The first-order valence-electron chi connectivity index (χ1n) is 19.7. The fourth-order valence-corrected chi connectivity index (χ4v) is 9.06. The van der Waals surface area contributed by atoms with Gasteiger partial charge < -0.3 is 9.13 Å². The molecule has 12 rings (SSSR count). The zero-order valence-electron chi connectivity index (χ0n) is 31.4. The summed E-state index contributed by atoms with van der Waals surface area (Å²) in [6, 6.07) is 73.9. The molecule has 58 heavy (non-hydrogen) atoms. The first kappa shape index (κ1) is 32.4. The topological polar surface area (TPSA) is 35.6 Å². The largest absolute Gasteiger partial charge is 0.309 e. The Morgan fingerprint density at radius 2 is 0.897 bits per heavy atom. The van der Waals surface area contributed by atoms with Crippen molar-refractivity contribution in [2.75, 3.05) is 0 Å². The van der Waals surface area contributed by atoms with Crippen molar-refractivity contribution in [2.24, 2.45) is 0 Å². The lowest BCUT2D eigenvalue weighted by molar-refractivity contribution is 1.17. The summed E-state index contributed by atoms with van der Waals surface area (Å²) in [5, 5.41) is 8.46. The van der Waals surface area contributed by atoms with Gasteiger partial charge in [-0.25, -0.2) is 9.97 Å². The molecule has 0 unspecified atom stereocenters. The van der Waals surface area contributed by atoms with Gasteiger partial charge in [-0.3, -0.25) is 0 Å². The van der Waals surface area contributed by atoms with E-state index in [0.717, 1.165) is 50.1 Å². The maximum Gasteiger partial charge on any atom is 0.160 e. The number of hydrogen-bond acceptors (Lipinski definition) is 2. The van der Waals surface area contributed by atoms with Crippen LogP contribution in [0.2, 0.25) is 0 Å². The van der Waals surface area contributed by atoms with Crippen LogP contribution in [-0.2, 0) is 0 Å². The van der Waals surface area contributed by atoms with Crippen molar-refractivity contribution in [2.45, 2.75) is 0 Å². The molecule has 0 atom stereocenters. The molecular weight excluding hydrogens is 705 g/mol. The quantitative estimate of drug-likeness (QED) is 0.176. The van der Waals surface area contributed by atoms with Crippen LogP contribution in [0.15, 0.2) is 206 Å². The van der Waals surface area contributed by atoms with Crippen LogP contribution in [0.5, 0.6) is 0 Å². The van der Waals surface area contributed by atoms with Gasteiger partial charge in [-0.2, -0.15) is 0 Å². The van der Waals surface area contributed by atoms with Crippen molar-refractivity contribution in [3.05, 3.63) is 206 Å². The highest BCUT2D eigenvalue weighted by molar-refractivity contribution is 6.22. The number of fused-ring (bicyclic) bond motifs is 9. The minimum atomic E-state index is 0.705. The average Bonchev–Trinajstić information content (AvgIpc) is 3.82. The van der Waals surface area contributed by atoms with Gasteiger partial charge >= 0.3 is 0 Å². The van der Waals surface area contributed by atoms with Crippen LogP contribution in [0.3, 0.4) is 0 Å². The van der Waals surface area contributed by atoms with Crippen molar-refractivity contribution in [1.82, 2.24) is 19.1 Å². The predicted molar refractivity (Wildman–Crippen MR) is 242 cm³/mol. The molecule has 0 saturated carbocycles. The molecule has 0 saturated heterocycles. The zero-order valence-corrected chi connectivity index (χ0v) is 31.4. The van der Waals surface area contributed by atoms with E-state index < -0.39 is 0 Å². The van der Waals surface area contributed by atoms with E-state index in [4.69, 9.17) is 9.97 Å². The van der Waals surface area contributed by atoms with Gasteiger partial charge in [-0.1, -0.05) is 140 Å². The molecule has 0 aliphatic heterocycles. The van der Waals surface area contributed by atoms with Gasteiger partial charge in [0, 0.05) is 49.4 Å². The molecule has 0 spiro atoms. The van der Waals surface area contributed by atoms with Crippen LogP contribution >= 0.6 is 0 Å². The van der Waals surface area contributed by atoms with Crippen LogP contribution < -0.4 is 0 Å². The Morgan fingerprint density at radius 3 is 1.72 bits per heavy atom. The molecule has 12 aromatic rings. The maximum absolute atomic E-state index is 5.21. The molecule has 0 bridgehead atoms. The van der Waals surface area contributed by atoms with E-state index in [-0.39, 0.29) is 0 Å². The first-order chi connectivity index (χ1) is 28.8. The Kier molecular flexibility index (Phi) is 7.20. The summed E-state index contributed by atoms with van der Waals surface area (Å²) in [4.78, 5) is 10.3. The molecule has 0 amide bonds. The molecule has 0 radical (unpaired) electrons. The van der Waals surface area contributed by atoms with E-state index in [0.29, 0.717) is 5.82 Å². The summed E-state index contributed by atoms with van der Waals surface area (Å²) < 4.78 is 4.77. The average molecular weight is 739 g/mol. The van der Waals surface area contributed by atoms with Crippen molar-refractivity contribution in [3.63, 3.8) is 0 Å². The van der Waals surface area contributed by atoms with Crippen molar-refractivity contribution < 1.29 is 0 Å². The summed E-state index contributed by atoms with van der Waals surface area (Å²) in [5.41, 5.74) is 13.2. The summed E-state index contributed by atoms with van der Waals surface area (Å²) in [6.45, 7) is 0. The minimum Gasteiger partial charge on any atom is -0.309 e. The summed E-state index contributed by atoms with van der Waals surface area (Å²) in [6.07, 6.45) is 0. The number of nitrogens with zero attached hydrogens (tertiary/aromatic N) is 4. The van der Waals surface area contributed by atoms with E-state index >= 15 is 0 Å². The van der Waals surface area contributed by atoms with Gasteiger partial charge in [0.25, 0.3) is 0 Å². The van der Waals surface area contributed by atoms with Gasteiger partial charge in [0.2, 0.25) is 0 Å². The molecule has 0 aliphatic carbocycles. The Bertz CT molecular complexity index is 3560.